The summed E-state index contributed by atoms with van der Waals surface area (Å²) in [6.07, 6.45) is 0.301. The Labute approximate surface area is 159 Å². The van der Waals surface area contributed by atoms with Gasteiger partial charge in [-0.15, -0.1) is 0 Å². The first kappa shape index (κ1) is 20.5. The molecule has 0 fully saturated rings. The molecule has 0 bridgehead atoms. The molecule has 0 aromatic heterocycles. The van der Waals surface area contributed by atoms with E-state index in [0.29, 0.717) is 12.4 Å². The Morgan fingerprint density at radius 3 is 2.63 bits per heavy atom. The van der Waals surface area contributed by atoms with Gasteiger partial charge < -0.3 is 19.9 Å². The summed E-state index contributed by atoms with van der Waals surface area (Å²) < 4.78 is 10.7. The third-order valence-corrected chi connectivity index (χ3v) is 4.16. The molecule has 1 amide bonds. The Morgan fingerprint density at radius 1 is 1.15 bits per heavy atom. The van der Waals surface area contributed by atoms with Crippen molar-refractivity contribution in [1.29, 1.82) is 0 Å². The Balaban J connectivity index is 1.93. The third-order valence-electron chi connectivity index (χ3n) is 4.16. The zero-order valence-corrected chi connectivity index (χ0v) is 15.6. The van der Waals surface area contributed by atoms with Gasteiger partial charge in [0.05, 0.1) is 6.42 Å². The van der Waals surface area contributed by atoms with Crippen LogP contribution in [0.25, 0.3) is 0 Å². The van der Waals surface area contributed by atoms with Crippen LogP contribution in [0, 0.1) is 6.92 Å². The van der Waals surface area contributed by atoms with Gasteiger partial charge in [0.15, 0.2) is 0 Å². The molecule has 2 aromatic rings. The molecule has 0 aliphatic carbocycles. The van der Waals surface area contributed by atoms with Gasteiger partial charge in [-0.2, -0.15) is 0 Å². The second kappa shape index (κ2) is 10.3. The summed E-state index contributed by atoms with van der Waals surface area (Å²) in [6.45, 7) is 2.74. The van der Waals surface area contributed by atoms with Crippen molar-refractivity contribution >= 4 is 11.9 Å². The molecule has 0 saturated heterocycles. The van der Waals surface area contributed by atoms with E-state index in [2.05, 4.69) is 5.32 Å². The summed E-state index contributed by atoms with van der Waals surface area (Å²) in [4.78, 5) is 23.4. The van der Waals surface area contributed by atoms with E-state index in [1.165, 1.54) is 7.11 Å². The molecule has 0 aliphatic heterocycles. The highest BCUT2D eigenvalue weighted by Crippen LogP contribution is 2.17. The van der Waals surface area contributed by atoms with Crippen molar-refractivity contribution in [2.75, 3.05) is 13.7 Å². The van der Waals surface area contributed by atoms with E-state index in [1.807, 2.05) is 49.4 Å². The summed E-state index contributed by atoms with van der Waals surface area (Å²) in [6, 6.07) is 14.3. The molecule has 6 heteroatoms. The molecule has 2 N–H and O–H groups in total. The van der Waals surface area contributed by atoms with Crippen LogP contribution in [0.4, 0.5) is 0 Å². The summed E-state index contributed by atoms with van der Waals surface area (Å²) in [7, 11) is 1.49. The summed E-state index contributed by atoms with van der Waals surface area (Å²) >= 11 is 0. The van der Waals surface area contributed by atoms with Crippen molar-refractivity contribution < 1.29 is 24.2 Å². The fraction of sp³-hybridized carbons (Fsp3) is 0.333. The van der Waals surface area contributed by atoms with Gasteiger partial charge in [0, 0.05) is 20.1 Å². The summed E-state index contributed by atoms with van der Waals surface area (Å²) in [5.41, 5.74) is 3.01. The molecule has 1 atom stereocenters. The number of benzene rings is 2. The van der Waals surface area contributed by atoms with Gasteiger partial charge in [-0.05, 0) is 35.7 Å². The predicted octanol–water partition coefficient (Wildman–Crippen LogP) is 2.72. The maximum atomic E-state index is 12.2. The van der Waals surface area contributed by atoms with Gasteiger partial charge in [-0.3, -0.25) is 4.79 Å². The van der Waals surface area contributed by atoms with Crippen molar-refractivity contribution in [2.45, 2.75) is 32.4 Å². The van der Waals surface area contributed by atoms with Gasteiger partial charge in [-0.1, -0.05) is 36.4 Å². The lowest BCUT2D eigenvalue weighted by molar-refractivity contribution is -0.142. The first-order valence-electron chi connectivity index (χ1n) is 8.77. The molecule has 144 valence electrons. The number of amides is 1. The molecule has 1 unspecified atom stereocenters. The molecule has 6 nitrogen and oxygen atoms in total. The maximum absolute atomic E-state index is 12.2. The Kier molecular flexibility index (Phi) is 7.82. The molecule has 0 spiro atoms. The Hall–Kier alpha value is -2.86. The largest absolute Gasteiger partial charge is 0.489 e. The molecular weight excluding hydrogens is 346 g/mol. The SMILES string of the molecule is COCCC(NC(=O)Cc1cccc(OCc2ccccc2C)c1)C(=O)O. The van der Waals surface area contributed by atoms with E-state index in [1.54, 1.807) is 6.07 Å². The Bertz CT molecular complexity index is 775. The average Bonchev–Trinajstić information content (AvgIpc) is 2.64. The zero-order valence-electron chi connectivity index (χ0n) is 15.6. The van der Waals surface area contributed by atoms with Gasteiger partial charge in [0.1, 0.15) is 18.4 Å². The lowest BCUT2D eigenvalue weighted by atomic mass is 10.1. The van der Waals surface area contributed by atoms with E-state index in [0.717, 1.165) is 16.7 Å². The number of carboxylic acid groups (broad SMARTS) is 1. The van der Waals surface area contributed by atoms with Crippen LogP contribution in [0.5, 0.6) is 5.75 Å². The molecule has 0 aliphatic rings. The van der Waals surface area contributed by atoms with Crippen LogP contribution in [0.1, 0.15) is 23.1 Å². The molecule has 0 heterocycles. The Morgan fingerprint density at radius 2 is 1.93 bits per heavy atom. The number of carbonyl (C=O) groups is 2. The number of rotatable bonds is 10. The van der Waals surface area contributed by atoms with Crippen LogP contribution in [0.2, 0.25) is 0 Å². The fourth-order valence-electron chi connectivity index (χ4n) is 2.60. The maximum Gasteiger partial charge on any atom is 0.326 e. The van der Waals surface area contributed by atoms with Crippen molar-refractivity contribution in [3.05, 3.63) is 65.2 Å². The van der Waals surface area contributed by atoms with E-state index >= 15 is 0 Å². The predicted molar refractivity (Wildman–Crippen MR) is 102 cm³/mol. The van der Waals surface area contributed by atoms with Crippen LogP contribution in [-0.2, 0) is 27.4 Å². The molecule has 0 saturated carbocycles. The molecular formula is C21H25NO5. The van der Waals surface area contributed by atoms with Crippen LogP contribution >= 0.6 is 0 Å². The normalized spacial score (nSPS) is 11.6. The number of carboxylic acids is 1. The molecule has 2 aromatic carbocycles. The van der Waals surface area contributed by atoms with Crippen molar-refractivity contribution in [1.82, 2.24) is 5.32 Å². The highest BCUT2D eigenvalue weighted by atomic mass is 16.5. The monoisotopic (exact) mass is 371 g/mol. The number of aliphatic carboxylic acids is 1. The topological polar surface area (TPSA) is 84.9 Å². The van der Waals surface area contributed by atoms with E-state index in [-0.39, 0.29) is 25.4 Å². The van der Waals surface area contributed by atoms with Crippen LogP contribution in [0.15, 0.2) is 48.5 Å². The number of methoxy groups -OCH3 is 1. The van der Waals surface area contributed by atoms with Crippen molar-refractivity contribution in [3.63, 3.8) is 0 Å². The van der Waals surface area contributed by atoms with Crippen LogP contribution < -0.4 is 10.1 Å². The van der Waals surface area contributed by atoms with E-state index in [9.17, 15) is 9.59 Å². The first-order chi connectivity index (χ1) is 13.0. The summed E-state index contributed by atoms with van der Waals surface area (Å²) in [5.74, 6) is -0.761. The van der Waals surface area contributed by atoms with Crippen LogP contribution in [0.3, 0.4) is 0 Å². The zero-order chi connectivity index (χ0) is 19.6. The van der Waals surface area contributed by atoms with Gasteiger partial charge in [0.2, 0.25) is 5.91 Å². The van der Waals surface area contributed by atoms with Crippen molar-refractivity contribution in [2.24, 2.45) is 0 Å². The lowest BCUT2D eigenvalue weighted by Gasteiger charge is -2.14. The minimum Gasteiger partial charge on any atom is -0.489 e. The number of hydrogen-bond donors (Lipinski definition) is 2. The number of aryl methyl sites for hydroxylation is 1. The van der Waals surface area contributed by atoms with Crippen molar-refractivity contribution in [3.8, 4) is 5.75 Å². The number of carbonyl (C=O) groups excluding carboxylic acids is 1. The minimum absolute atomic E-state index is 0.0817. The molecule has 27 heavy (non-hydrogen) atoms. The number of nitrogens with one attached hydrogen (secondary N) is 1. The second-order valence-corrected chi connectivity index (χ2v) is 6.28. The smallest absolute Gasteiger partial charge is 0.326 e. The number of hydrogen-bond acceptors (Lipinski definition) is 4. The molecule has 2 rings (SSSR count). The second-order valence-electron chi connectivity index (χ2n) is 6.28. The standard InChI is InChI=1S/C21H25NO5/c1-15-6-3-4-8-17(15)14-27-18-9-5-7-16(12-18)13-20(23)22-19(21(24)25)10-11-26-2/h3-9,12,19H,10-11,13-14H2,1-2H3,(H,22,23)(H,24,25). The highest BCUT2D eigenvalue weighted by Gasteiger charge is 2.19. The minimum atomic E-state index is -1.07. The fourth-order valence-corrected chi connectivity index (χ4v) is 2.60. The quantitative estimate of drug-likeness (QED) is 0.671. The third kappa shape index (κ3) is 6.75. The highest BCUT2D eigenvalue weighted by molar-refractivity contribution is 5.84. The first-order valence-corrected chi connectivity index (χ1v) is 8.77. The van der Waals surface area contributed by atoms with Gasteiger partial charge in [-0.25, -0.2) is 4.79 Å². The van der Waals surface area contributed by atoms with E-state index < -0.39 is 12.0 Å². The van der Waals surface area contributed by atoms with Crippen LogP contribution in [-0.4, -0.2) is 36.7 Å². The molecule has 0 radical (unpaired) electrons. The van der Waals surface area contributed by atoms with Gasteiger partial charge in [0.25, 0.3) is 0 Å². The average molecular weight is 371 g/mol. The van der Waals surface area contributed by atoms with Gasteiger partial charge >= 0.3 is 5.97 Å². The number of ether oxygens (including phenoxy) is 2. The summed E-state index contributed by atoms with van der Waals surface area (Å²) in [5, 5.41) is 11.7. The lowest BCUT2D eigenvalue weighted by Crippen LogP contribution is -2.42. The van der Waals surface area contributed by atoms with E-state index in [4.69, 9.17) is 14.6 Å².